The van der Waals surface area contributed by atoms with Crippen LogP contribution in [0, 0.1) is 0 Å². The maximum atomic E-state index is 11.6. The molecule has 9 nitrogen and oxygen atoms in total. The van der Waals surface area contributed by atoms with Crippen molar-refractivity contribution in [3.8, 4) is 11.5 Å². The van der Waals surface area contributed by atoms with Crippen LogP contribution in [0.5, 0.6) is 11.5 Å². The van der Waals surface area contributed by atoms with Gasteiger partial charge in [-0.25, -0.2) is 9.97 Å². The second-order valence-corrected chi connectivity index (χ2v) is 8.96. The number of nitrogens with zero attached hydrogens (tertiary/aromatic N) is 4. The number of rotatable bonds is 9. The smallest absolute Gasteiger partial charge is 0.313 e. The maximum absolute atomic E-state index is 11.6. The molecule has 3 heterocycles. The molecular weight excluding hydrogens is 446 g/mol. The third-order valence-corrected chi connectivity index (χ3v) is 6.04. The van der Waals surface area contributed by atoms with Gasteiger partial charge in [0.2, 0.25) is 0 Å². The minimum Gasteiger partial charge on any atom is -0.490 e. The summed E-state index contributed by atoms with van der Waals surface area (Å²) in [5.41, 5.74) is -0.383. The highest BCUT2D eigenvalue weighted by Gasteiger charge is 2.30. The average molecular weight is 478 g/mol. The first-order valence-electron chi connectivity index (χ1n) is 11.8. The predicted octanol–water partition coefficient (Wildman–Crippen LogP) is 4.42. The SMILES string of the molecule is CCOc1ccccc1O[C@@H]1CCCN(c2cncc(Nc3cc(C(C)(C)C(=O)O)ccn3)n2)C1. The van der Waals surface area contributed by atoms with E-state index in [4.69, 9.17) is 14.5 Å². The molecule has 1 aromatic carbocycles. The van der Waals surface area contributed by atoms with Crippen LogP contribution in [0.1, 0.15) is 39.2 Å². The molecule has 9 heteroatoms. The minimum absolute atomic E-state index is 0.000342. The highest BCUT2D eigenvalue weighted by Crippen LogP contribution is 2.30. The van der Waals surface area contributed by atoms with Crippen molar-refractivity contribution in [3.63, 3.8) is 0 Å². The molecule has 35 heavy (non-hydrogen) atoms. The molecule has 1 saturated heterocycles. The lowest BCUT2D eigenvalue weighted by Crippen LogP contribution is -2.41. The average Bonchev–Trinajstić information content (AvgIpc) is 2.86. The Labute approximate surface area is 205 Å². The normalized spacial score (nSPS) is 16.0. The van der Waals surface area contributed by atoms with Crippen molar-refractivity contribution in [1.29, 1.82) is 0 Å². The van der Waals surface area contributed by atoms with Crippen LogP contribution < -0.4 is 19.7 Å². The first-order chi connectivity index (χ1) is 16.9. The van der Waals surface area contributed by atoms with Crippen molar-refractivity contribution in [2.45, 2.75) is 45.1 Å². The molecule has 2 N–H and O–H groups in total. The number of hydrogen-bond donors (Lipinski definition) is 2. The van der Waals surface area contributed by atoms with E-state index in [9.17, 15) is 9.90 Å². The van der Waals surface area contributed by atoms with Crippen LogP contribution >= 0.6 is 0 Å². The molecule has 4 rings (SSSR count). The van der Waals surface area contributed by atoms with Gasteiger partial charge in [0, 0.05) is 12.7 Å². The van der Waals surface area contributed by atoms with E-state index in [1.807, 2.05) is 31.2 Å². The van der Waals surface area contributed by atoms with Gasteiger partial charge in [0.15, 0.2) is 17.3 Å². The molecule has 3 aromatic rings. The van der Waals surface area contributed by atoms with E-state index < -0.39 is 11.4 Å². The zero-order chi connectivity index (χ0) is 24.8. The van der Waals surface area contributed by atoms with Gasteiger partial charge >= 0.3 is 5.97 Å². The Morgan fingerprint density at radius 2 is 2.00 bits per heavy atom. The summed E-state index contributed by atoms with van der Waals surface area (Å²) < 4.78 is 12.0. The Kier molecular flexibility index (Phi) is 7.33. The Morgan fingerprint density at radius 3 is 2.77 bits per heavy atom. The lowest BCUT2D eigenvalue weighted by Gasteiger charge is -2.33. The summed E-state index contributed by atoms with van der Waals surface area (Å²) in [5.74, 6) is 2.38. The number of anilines is 3. The molecule has 1 aliphatic rings. The molecule has 0 saturated carbocycles. The minimum atomic E-state index is -1.03. The lowest BCUT2D eigenvalue weighted by atomic mass is 9.85. The fourth-order valence-corrected chi connectivity index (χ4v) is 3.95. The first-order valence-corrected chi connectivity index (χ1v) is 11.8. The second-order valence-electron chi connectivity index (χ2n) is 8.96. The summed E-state index contributed by atoms with van der Waals surface area (Å²) in [4.78, 5) is 27.2. The van der Waals surface area contributed by atoms with Crippen LogP contribution in [-0.4, -0.2) is 51.8 Å². The van der Waals surface area contributed by atoms with Gasteiger partial charge in [0.05, 0.1) is 31.0 Å². The number of pyridine rings is 1. The van der Waals surface area contributed by atoms with Gasteiger partial charge < -0.3 is 24.8 Å². The summed E-state index contributed by atoms with van der Waals surface area (Å²) in [7, 11) is 0. The number of piperidine rings is 1. The Morgan fingerprint density at radius 1 is 1.20 bits per heavy atom. The van der Waals surface area contributed by atoms with E-state index in [1.165, 1.54) is 0 Å². The number of hydrogen-bond acceptors (Lipinski definition) is 8. The lowest BCUT2D eigenvalue weighted by molar-refractivity contribution is -0.142. The van der Waals surface area contributed by atoms with Gasteiger partial charge in [0.25, 0.3) is 0 Å². The molecule has 1 aliphatic heterocycles. The summed E-state index contributed by atoms with van der Waals surface area (Å²) in [6.07, 6.45) is 6.86. The standard InChI is InChI=1S/C26H31N5O4/c1-4-34-20-9-5-6-10-21(20)35-19-8-7-13-31(17-19)24-16-27-15-23(30-24)29-22-14-18(11-12-28-22)26(2,3)25(32)33/h5-6,9-12,14-16,19H,4,7-8,13,17H2,1-3H3,(H,32,33)(H,28,29,30)/t19-/m1/s1. The van der Waals surface area contributed by atoms with E-state index >= 15 is 0 Å². The number of carboxylic acids is 1. The number of nitrogens with one attached hydrogen (secondary N) is 1. The van der Waals surface area contributed by atoms with E-state index in [0.717, 1.165) is 36.7 Å². The predicted molar refractivity (Wildman–Crippen MR) is 134 cm³/mol. The number of aromatic nitrogens is 3. The number of ether oxygens (including phenoxy) is 2. The number of benzene rings is 1. The fraction of sp³-hybridized carbons (Fsp3) is 0.385. The Balaban J connectivity index is 1.46. The molecule has 184 valence electrons. The monoisotopic (exact) mass is 477 g/mol. The van der Waals surface area contributed by atoms with Crippen molar-refractivity contribution in [2.75, 3.05) is 29.9 Å². The zero-order valence-electron chi connectivity index (χ0n) is 20.3. The van der Waals surface area contributed by atoms with Crippen molar-refractivity contribution in [2.24, 2.45) is 0 Å². The first kappa shape index (κ1) is 24.3. The largest absolute Gasteiger partial charge is 0.490 e. The van der Waals surface area contributed by atoms with E-state index in [-0.39, 0.29) is 6.10 Å². The molecular formula is C26H31N5O4. The van der Waals surface area contributed by atoms with Gasteiger partial charge in [-0.2, -0.15) is 0 Å². The Hall–Kier alpha value is -3.88. The van der Waals surface area contributed by atoms with Crippen LogP contribution in [0.25, 0.3) is 0 Å². The van der Waals surface area contributed by atoms with Crippen LogP contribution in [0.4, 0.5) is 17.5 Å². The van der Waals surface area contributed by atoms with Crippen molar-refractivity contribution >= 4 is 23.4 Å². The summed E-state index contributed by atoms with van der Waals surface area (Å²) in [6.45, 7) is 7.40. The highest BCUT2D eigenvalue weighted by atomic mass is 16.5. The van der Waals surface area contributed by atoms with Crippen LogP contribution in [0.3, 0.4) is 0 Å². The topological polar surface area (TPSA) is 110 Å². The molecule has 0 unspecified atom stereocenters. The second kappa shape index (κ2) is 10.6. The van der Waals surface area contributed by atoms with E-state index in [2.05, 4.69) is 20.2 Å². The quantitative estimate of drug-likeness (QED) is 0.463. The zero-order valence-corrected chi connectivity index (χ0v) is 20.3. The van der Waals surface area contributed by atoms with Crippen molar-refractivity contribution in [3.05, 3.63) is 60.6 Å². The maximum Gasteiger partial charge on any atom is 0.313 e. The molecule has 2 aromatic heterocycles. The molecule has 0 amide bonds. The van der Waals surface area contributed by atoms with Crippen LogP contribution in [0.15, 0.2) is 55.0 Å². The summed E-state index contributed by atoms with van der Waals surface area (Å²) in [6, 6.07) is 11.2. The molecule has 1 fully saturated rings. The molecule has 0 radical (unpaired) electrons. The van der Waals surface area contributed by atoms with Gasteiger partial charge in [-0.1, -0.05) is 12.1 Å². The molecule has 0 spiro atoms. The number of carbonyl (C=O) groups is 1. The fourth-order valence-electron chi connectivity index (χ4n) is 3.95. The molecule has 1 atom stereocenters. The van der Waals surface area contributed by atoms with Crippen LogP contribution in [-0.2, 0) is 10.2 Å². The van der Waals surface area contributed by atoms with E-state index in [0.29, 0.717) is 30.4 Å². The molecule has 0 bridgehead atoms. The van der Waals surface area contributed by atoms with Crippen molar-refractivity contribution in [1.82, 2.24) is 15.0 Å². The molecule has 0 aliphatic carbocycles. The number of aliphatic carboxylic acids is 1. The number of carboxylic acid groups (broad SMARTS) is 1. The van der Waals surface area contributed by atoms with Gasteiger partial charge in [-0.05, 0) is 63.4 Å². The van der Waals surface area contributed by atoms with E-state index in [1.54, 1.807) is 44.6 Å². The van der Waals surface area contributed by atoms with Crippen molar-refractivity contribution < 1.29 is 19.4 Å². The third kappa shape index (κ3) is 5.79. The van der Waals surface area contributed by atoms with Crippen LogP contribution in [0.2, 0.25) is 0 Å². The summed E-state index contributed by atoms with van der Waals surface area (Å²) >= 11 is 0. The third-order valence-electron chi connectivity index (χ3n) is 6.04. The Bertz CT molecular complexity index is 1170. The number of para-hydroxylation sites is 2. The highest BCUT2D eigenvalue weighted by molar-refractivity contribution is 5.80. The van der Waals surface area contributed by atoms with Gasteiger partial charge in [-0.3, -0.25) is 9.78 Å². The van der Waals surface area contributed by atoms with Gasteiger partial charge in [-0.15, -0.1) is 0 Å². The summed E-state index contributed by atoms with van der Waals surface area (Å²) in [5, 5.41) is 12.7. The van der Waals surface area contributed by atoms with Gasteiger partial charge in [0.1, 0.15) is 17.7 Å².